The van der Waals surface area contributed by atoms with Gasteiger partial charge < -0.3 is 4.74 Å². The van der Waals surface area contributed by atoms with Crippen LogP contribution in [0.15, 0.2) is 71.6 Å². The molecule has 0 bridgehead atoms. The van der Waals surface area contributed by atoms with Crippen LogP contribution < -0.4 is 9.04 Å². The fourth-order valence-corrected chi connectivity index (χ4v) is 4.21. The van der Waals surface area contributed by atoms with E-state index in [0.29, 0.717) is 17.0 Å². The Morgan fingerprint density at radius 1 is 0.903 bits per heavy atom. The average molecular weight is 449 g/mol. The van der Waals surface area contributed by atoms with E-state index < -0.39 is 21.8 Å². The van der Waals surface area contributed by atoms with Crippen molar-refractivity contribution in [2.45, 2.75) is 31.5 Å². The van der Waals surface area contributed by atoms with Crippen LogP contribution in [-0.4, -0.2) is 15.5 Å². The predicted octanol–water partition coefficient (Wildman–Crippen LogP) is 5.73. The molecule has 4 nitrogen and oxygen atoms in total. The molecule has 3 aromatic carbocycles. The summed E-state index contributed by atoms with van der Waals surface area (Å²) in [6, 6.07) is 16.2. The fraction of sp³-hybridized carbons (Fsp3) is 0.217. The van der Waals surface area contributed by atoms with E-state index in [1.54, 1.807) is 48.5 Å². The zero-order valence-electron chi connectivity index (χ0n) is 17.3. The van der Waals surface area contributed by atoms with Crippen LogP contribution in [0.2, 0.25) is 0 Å². The topological polar surface area (TPSA) is 46.6 Å². The van der Waals surface area contributed by atoms with Gasteiger partial charge in [-0.1, -0.05) is 18.2 Å². The Labute approximate surface area is 180 Å². The highest BCUT2D eigenvalue weighted by Gasteiger charge is 2.30. The van der Waals surface area contributed by atoms with Crippen molar-refractivity contribution in [3.63, 3.8) is 0 Å². The first-order chi connectivity index (χ1) is 14.5. The van der Waals surface area contributed by atoms with Crippen LogP contribution in [-0.2, 0) is 22.8 Å². The fourth-order valence-electron chi connectivity index (χ4n) is 2.93. The number of sulfonamides is 1. The number of aryl methyl sites for hydroxylation is 2. The second-order valence-electron chi connectivity index (χ2n) is 7.20. The summed E-state index contributed by atoms with van der Waals surface area (Å²) in [4.78, 5) is 0.197. The van der Waals surface area contributed by atoms with Gasteiger partial charge in [-0.25, -0.2) is 8.42 Å². The average Bonchev–Trinajstić information content (AvgIpc) is 2.73. The molecule has 0 heterocycles. The molecule has 0 amide bonds. The maximum Gasteiger partial charge on any atom is 0.416 e. The summed E-state index contributed by atoms with van der Waals surface area (Å²) in [5.41, 5.74) is 1.97. The third-order valence-corrected chi connectivity index (χ3v) is 6.78. The highest BCUT2D eigenvalue weighted by molar-refractivity contribution is 7.92. The molecule has 0 saturated heterocycles. The number of anilines is 1. The summed E-state index contributed by atoms with van der Waals surface area (Å²) in [7, 11) is -2.27. The Hall–Kier alpha value is -3.00. The van der Waals surface area contributed by atoms with Crippen molar-refractivity contribution < 1.29 is 26.3 Å². The molecule has 0 fully saturated rings. The van der Waals surface area contributed by atoms with Crippen LogP contribution in [0.1, 0.15) is 22.3 Å². The van der Waals surface area contributed by atoms with E-state index in [2.05, 4.69) is 0 Å². The van der Waals surface area contributed by atoms with Gasteiger partial charge in [-0.2, -0.15) is 13.2 Å². The van der Waals surface area contributed by atoms with Gasteiger partial charge in [0.05, 0.1) is 16.1 Å². The summed E-state index contributed by atoms with van der Waals surface area (Å²) in [5.74, 6) is 0.415. The van der Waals surface area contributed by atoms with Crippen molar-refractivity contribution in [1.29, 1.82) is 0 Å². The van der Waals surface area contributed by atoms with Crippen LogP contribution in [0, 0.1) is 13.8 Å². The zero-order chi connectivity index (χ0) is 22.8. The van der Waals surface area contributed by atoms with Crippen LogP contribution in [0.4, 0.5) is 18.9 Å². The van der Waals surface area contributed by atoms with Crippen LogP contribution in [0.5, 0.6) is 5.75 Å². The molecule has 0 unspecified atom stereocenters. The van der Waals surface area contributed by atoms with Gasteiger partial charge in [0.1, 0.15) is 12.4 Å². The van der Waals surface area contributed by atoms with Gasteiger partial charge in [-0.05, 0) is 79.1 Å². The largest absolute Gasteiger partial charge is 0.489 e. The van der Waals surface area contributed by atoms with Crippen LogP contribution >= 0.6 is 0 Å². The molecule has 0 aliphatic rings. The second kappa shape index (κ2) is 8.63. The molecule has 0 aromatic heterocycles. The Kier molecular flexibility index (Phi) is 6.31. The summed E-state index contributed by atoms with van der Waals surface area (Å²) in [6.07, 6.45) is -4.41. The lowest BCUT2D eigenvalue weighted by Gasteiger charge is -2.20. The third-order valence-electron chi connectivity index (χ3n) is 5.00. The second-order valence-corrected chi connectivity index (χ2v) is 9.17. The number of halogens is 3. The summed E-state index contributed by atoms with van der Waals surface area (Å²) in [5, 5.41) is 0. The van der Waals surface area contributed by atoms with Crippen molar-refractivity contribution in [1.82, 2.24) is 0 Å². The third kappa shape index (κ3) is 5.19. The minimum absolute atomic E-state index is 0.0416. The molecule has 0 radical (unpaired) electrons. The maximum absolute atomic E-state index is 12.9. The lowest BCUT2D eigenvalue weighted by atomic mass is 10.1. The molecule has 3 aromatic rings. The first kappa shape index (κ1) is 22.7. The van der Waals surface area contributed by atoms with Crippen molar-refractivity contribution >= 4 is 15.7 Å². The van der Waals surface area contributed by atoms with E-state index in [1.807, 2.05) is 13.8 Å². The normalized spacial score (nSPS) is 11.9. The van der Waals surface area contributed by atoms with Gasteiger partial charge >= 0.3 is 6.18 Å². The molecule has 0 N–H and O–H groups in total. The van der Waals surface area contributed by atoms with Gasteiger partial charge in [-0.3, -0.25) is 4.31 Å². The van der Waals surface area contributed by atoms with Crippen molar-refractivity contribution in [3.8, 4) is 5.75 Å². The predicted molar refractivity (Wildman–Crippen MR) is 114 cm³/mol. The van der Waals surface area contributed by atoms with Gasteiger partial charge in [-0.15, -0.1) is 0 Å². The number of rotatable bonds is 6. The smallest absolute Gasteiger partial charge is 0.416 e. The molecule has 0 aliphatic carbocycles. The van der Waals surface area contributed by atoms with E-state index in [-0.39, 0.29) is 11.5 Å². The van der Waals surface area contributed by atoms with Crippen molar-refractivity contribution in [3.05, 3.63) is 89.0 Å². The molecule has 0 aliphatic heterocycles. The monoisotopic (exact) mass is 449 g/mol. The van der Waals surface area contributed by atoms with Crippen LogP contribution in [0.3, 0.4) is 0 Å². The molecule has 0 saturated carbocycles. The standard InChI is InChI=1S/C23H22F3NO3S/c1-16-7-12-22(13-17(16)2)31(28,29)27(3)20-8-10-21(11-9-20)30-15-18-5-4-6-19(14-18)23(24,25)26/h4-14H,15H2,1-3H3. The minimum Gasteiger partial charge on any atom is -0.489 e. The number of benzene rings is 3. The Bertz CT molecular complexity index is 1170. The number of alkyl halides is 3. The first-order valence-corrected chi connectivity index (χ1v) is 10.9. The summed E-state index contributed by atoms with van der Waals surface area (Å²) >= 11 is 0. The Morgan fingerprint density at radius 2 is 1.58 bits per heavy atom. The molecule has 31 heavy (non-hydrogen) atoms. The molecule has 0 spiro atoms. The summed E-state index contributed by atoms with van der Waals surface area (Å²) < 4.78 is 71.0. The Balaban J connectivity index is 1.72. The van der Waals surface area contributed by atoms with E-state index >= 15 is 0 Å². The van der Waals surface area contributed by atoms with Gasteiger partial charge in [0.15, 0.2) is 0 Å². The lowest BCUT2D eigenvalue weighted by molar-refractivity contribution is -0.137. The molecular weight excluding hydrogens is 427 g/mol. The SMILES string of the molecule is Cc1ccc(S(=O)(=O)N(C)c2ccc(OCc3cccc(C(F)(F)F)c3)cc2)cc1C. The number of hydrogen-bond acceptors (Lipinski definition) is 3. The molecule has 8 heteroatoms. The number of nitrogens with zero attached hydrogens (tertiary/aromatic N) is 1. The highest BCUT2D eigenvalue weighted by Crippen LogP contribution is 2.30. The summed E-state index contributed by atoms with van der Waals surface area (Å²) in [6.45, 7) is 3.72. The number of ether oxygens (including phenoxy) is 1. The molecule has 3 rings (SSSR count). The van der Waals surface area contributed by atoms with Crippen molar-refractivity contribution in [2.24, 2.45) is 0 Å². The van der Waals surface area contributed by atoms with E-state index in [1.165, 1.54) is 17.4 Å². The van der Waals surface area contributed by atoms with Gasteiger partial charge in [0, 0.05) is 7.05 Å². The van der Waals surface area contributed by atoms with E-state index in [4.69, 9.17) is 4.74 Å². The quantitative estimate of drug-likeness (QED) is 0.483. The molecular formula is C23H22F3NO3S. The lowest BCUT2D eigenvalue weighted by Crippen LogP contribution is -2.26. The number of hydrogen-bond donors (Lipinski definition) is 0. The van der Waals surface area contributed by atoms with Gasteiger partial charge in [0.25, 0.3) is 10.0 Å². The van der Waals surface area contributed by atoms with Crippen molar-refractivity contribution in [2.75, 3.05) is 11.4 Å². The van der Waals surface area contributed by atoms with E-state index in [0.717, 1.165) is 23.3 Å². The van der Waals surface area contributed by atoms with E-state index in [9.17, 15) is 21.6 Å². The maximum atomic E-state index is 12.9. The zero-order valence-corrected chi connectivity index (χ0v) is 18.1. The Morgan fingerprint density at radius 3 is 2.19 bits per heavy atom. The highest BCUT2D eigenvalue weighted by atomic mass is 32.2. The molecule has 164 valence electrons. The van der Waals surface area contributed by atoms with Gasteiger partial charge in [0.2, 0.25) is 0 Å². The van der Waals surface area contributed by atoms with Crippen LogP contribution in [0.25, 0.3) is 0 Å². The minimum atomic E-state index is -4.41. The molecule has 0 atom stereocenters. The first-order valence-electron chi connectivity index (χ1n) is 9.43.